The van der Waals surface area contributed by atoms with Gasteiger partial charge in [-0.15, -0.1) is 0 Å². The van der Waals surface area contributed by atoms with E-state index in [-0.39, 0.29) is 0 Å². The Morgan fingerprint density at radius 3 is 2.47 bits per heavy atom. The third kappa shape index (κ3) is 2.59. The van der Waals surface area contributed by atoms with Gasteiger partial charge in [-0.3, -0.25) is 0 Å². The van der Waals surface area contributed by atoms with Crippen molar-refractivity contribution in [3.63, 3.8) is 0 Å². The van der Waals surface area contributed by atoms with Gasteiger partial charge >= 0.3 is 0 Å². The molecule has 4 nitrogen and oxygen atoms in total. The molecule has 6 heteroatoms. The molecule has 1 aromatic heterocycles. The second kappa shape index (κ2) is 5.86. The van der Waals surface area contributed by atoms with Gasteiger partial charge in [0, 0.05) is 11.1 Å². The van der Waals surface area contributed by atoms with Gasteiger partial charge in [-0.25, -0.2) is 0 Å². The van der Waals surface area contributed by atoms with Crippen LogP contribution >= 0.6 is 27.5 Å². The van der Waals surface area contributed by atoms with E-state index in [1.165, 1.54) is 20.5 Å². The highest BCUT2D eigenvalue weighted by molar-refractivity contribution is 9.10. The minimum absolute atomic E-state index is 0.321. The van der Waals surface area contributed by atoms with Gasteiger partial charge in [0.25, 0.3) is 0 Å². The average Bonchev–Trinajstić information content (AvgIpc) is 2.83. The molecule has 0 spiro atoms. The van der Waals surface area contributed by atoms with E-state index in [2.05, 4.69) is 15.9 Å². The highest BCUT2D eigenvalue weighted by atomic mass is 79.9. The van der Waals surface area contributed by atoms with Crippen LogP contribution in [0.3, 0.4) is 0 Å². The van der Waals surface area contributed by atoms with Crippen LogP contribution in [0.1, 0.15) is 17.2 Å². The summed E-state index contributed by atoms with van der Waals surface area (Å²) in [5, 5.41) is 10.7. The molecule has 1 heterocycles. The van der Waals surface area contributed by atoms with E-state index in [0.29, 0.717) is 32.3 Å². The fraction of sp³-hybridized carbons (Fsp3) is 0.231. The molecule has 0 amide bonds. The summed E-state index contributed by atoms with van der Waals surface area (Å²) in [7, 11) is 3.00. The Labute approximate surface area is 124 Å². The van der Waals surface area contributed by atoms with Crippen LogP contribution in [-0.4, -0.2) is 19.3 Å². The third-order valence-corrected chi connectivity index (χ3v) is 3.75. The molecule has 2 aromatic rings. The van der Waals surface area contributed by atoms with Gasteiger partial charge in [0.2, 0.25) is 0 Å². The summed E-state index contributed by atoms with van der Waals surface area (Å²) in [5.41, 5.74) is 1.13. The zero-order chi connectivity index (χ0) is 14.0. The first kappa shape index (κ1) is 14.2. The van der Waals surface area contributed by atoms with Crippen molar-refractivity contribution in [3.8, 4) is 11.5 Å². The fourth-order valence-corrected chi connectivity index (χ4v) is 2.58. The molecule has 0 fully saturated rings. The molecule has 0 bridgehead atoms. The maximum atomic E-state index is 10.4. The Morgan fingerprint density at radius 2 is 1.95 bits per heavy atom. The van der Waals surface area contributed by atoms with Gasteiger partial charge in [-0.05, 0) is 34.1 Å². The first-order valence-corrected chi connectivity index (χ1v) is 6.58. The summed E-state index contributed by atoms with van der Waals surface area (Å²) in [6, 6.07) is 5.05. The minimum Gasteiger partial charge on any atom is -0.495 e. The number of ether oxygens (including phenoxy) is 2. The van der Waals surface area contributed by atoms with Crippen molar-refractivity contribution in [2.45, 2.75) is 6.10 Å². The van der Waals surface area contributed by atoms with Gasteiger partial charge in [0.15, 0.2) is 4.67 Å². The van der Waals surface area contributed by atoms with Crippen molar-refractivity contribution in [1.82, 2.24) is 0 Å². The van der Waals surface area contributed by atoms with Crippen molar-refractivity contribution in [2.24, 2.45) is 0 Å². The molecule has 0 aliphatic heterocycles. The van der Waals surface area contributed by atoms with Crippen LogP contribution in [0.2, 0.25) is 5.02 Å². The van der Waals surface area contributed by atoms with Gasteiger partial charge in [-0.2, -0.15) is 0 Å². The molecule has 1 unspecified atom stereocenters. The summed E-state index contributed by atoms with van der Waals surface area (Å²) >= 11 is 9.40. The first-order chi connectivity index (χ1) is 9.10. The maximum absolute atomic E-state index is 10.4. The molecule has 102 valence electrons. The molecular weight excluding hydrogens is 335 g/mol. The number of methoxy groups -OCH3 is 2. The lowest BCUT2D eigenvalue weighted by molar-refractivity contribution is 0.212. The van der Waals surface area contributed by atoms with Gasteiger partial charge in [0.05, 0.1) is 20.5 Å². The second-order valence-electron chi connectivity index (χ2n) is 3.76. The SMILES string of the molecule is COc1ccc(C(O)c2ccoc2Br)c(OC)c1Cl. The van der Waals surface area contributed by atoms with Crippen LogP contribution < -0.4 is 9.47 Å². The van der Waals surface area contributed by atoms with Gasteiger partial charge < -0.3 is 19.0 Å². The lowest BCUT2D eigenvalue weighted by Gasteiger charge is -2.16. The van der Waals surface area contributed by atoms with Crippen molar-refractivity contribution < 1.29 is 19.0 Å². The average molecular weight is 348 g/mol. The molecular formula is C13H12BrClO4. The van der Waals surface area contributed by atoms with Crippen LogP contribution in [0.5, 0.6) is 11.5 Å². The monoisotopic (exact) mass is 346 g/mol. The van der Waals surface area contributed by atoms with Crippen molar-refractivity contribution >= 4 is 27.5 Å². The Morgan fingerprint density at radius 1 is 1.21 bits per heavy atom. The van der Waals surface area contributed by atoms with Crippen LogP contribution in [0.15, 0.2) is 33.5 Å². The predicted molar refractivity (Wildman–Crippen MR) is 75.0 cm³/mol. The number of hydrogen-bond acceptors (Lipinski definition) is 4. The van der Waals surface area contributed by atoms with Crippen molar-refractivity contribution in [1.29, 1.82) is 0 Å². The quantitative estimate of drug-likeness (QED) is 0.914. The third-order valence-electron chi connectivity index (χ3n) is 2.75. The molecule has 0 aliphatic rings. The summed E-state index contributed by atoms with van der Waals surface area (Å²) in [5.74, 6) is 0.863. The lowest BCUT2D eigenvalue weighted by Crippen LogP contribution is -2.03. The van der Waals surface area contributed by atoms with Crippen molar-refractivity contribution in [3.05, 3.63) is 45.3 Å². The van der Waals surface area contributed by atoms with E-state index in [4.69, 9.17) is 25.5 Å². The number of hydrogen-bond donors (Lipinski definition) is 1. The van der Waals surface area contributed by atoms with Crippen LogP contribution in [0.25, 0.3) is 0 Å². The van der Waals surface area contributed by atoms with Crippen LogP contribution in [-0.2, 0) is 0 Å². The van der Waals surface area contributed by atoms with E-state index in [1.807, 2.05) is 0 Å². The Hall–Kier alpha value is -1.17. The normalized spacial score (nSPS) is 12.3. The maximum Gasteiger partial charge on any atom is 0.175 e. The highest BCUT2D eigenvalue weighted by Crippen LogP contribution is 2.42. The molecule has 0 saturated carbocycles. The molecule has 0 radical (unpaired) electrons. The molecule has 19 heavy (non-hydrogen) atoms. The number of aliphatic hydroxyl groups excluding tert-OH is 1. The number of furan rings is 1. The lowest BCUT2D eigenvalue weighted by atomic mass is 10.0. The predicted octanol–water partition coefficient (Wildman–Crippen LogP) is 3.79. The summed E-state index contributed by atoms with van der Waals surface area (Å²) in [6.07, 6.45) is 0.576. The zero-order valence-electron chi connectivity index (χ0n) is 10.3. The largest absolute Gasteiger partial charge is 0.495 e. The number of benzene rings is 1. The van der Waals surface area contributed by atoms with Crippen LogP contribution in [0, 0.1) is 0 Å². The standard InChI is InChI=1S/C13H12BrClO4/c1-17-9-4-3-7(12(18-2)10(9)15)11(16)8-5-6-19-13(8)14/h3-6,11,16H,1-2H3. The van der Waals surface area contributed by atoms with E-state index in [0.717, 1.165) is 0 Å². The molecule has 0 aliphatic carbocycles. The molecule has 2 rings (SSSR count). The van der Waals surface area contributed by atoms with Crippen LogP contribution in [0.4, 0.5) is 0 Å². The summed E-state index contributed by atoms with van der Waals surface area (Å²) in [4.78, 5) is 0. The van der Waals surface area contributed by atoms with Gasteiger partial charge in [0.1, 0.15) is 22.6 Å². The molecule has 1 aromatic carbocycles. The van der Waals surface area contributed by atoms with E-state index < -0.39 is 6.10 Å². The molecule has 1 N–H and O–H groups in total. The molecule has 1 atom stereocenters. The van der Waals surface area contributed by atoms with E-state index in [9.17, 15) is 5.11 Å². The number of aliphatic hydroxyl groups is 1. The number of halogens is 2. The fourth-order valence-electron chi connectivity index (χ4n) is 1.80. The first-order valence-electron chi connectivity index (χ1n) is 5.41. The molecule has 0 saturated heterocycles. The van der Waals surface area contributed by atoms with E-state index >= 15 is 0 Å². The topological polar surface area (TPSA) is 51.8 Å². The second-order valence-corrected chi connectivity index (χ2v) is 4.85. The van der Waals surface area contributed by atoms with Crippen molar-refractivity contribution in [2.75, 3.05) is 14.2 Å². The Bertz CT molecular complexity index is 582. The Balaban J connectivity index is 2.51. The van der Waals surface area contributed by atoms with E-state index in [1.54, 1.807) is 18.2 Å². The highest BCUT2D eigenvalue weighted by Gasteiger charge is 2.23. The smallest absolute Gasteiger partial charge is 0.175 e. The Kier molecular flexibility index (Phi) is 4.39. The summed E-state index contributed by atoms with van der Waals surface area (Å²) < 4.78 is 16.0. The van der Waals surface area contributed by atoms with Gasteiger partial charge in [-0.1, -0.05) is 11.6 Å². The number of rotatable bonds is 4. The zero-order valence-corrected chi connectivity index (χ0v) is 12.7. The minimum atomic E-state index is -0.911. The summed E-state index contributed by atoms with van der Waals surface area (Å²) in [6.45, 7) is 0.